The van der Waals surface area contributed by atoms with Gasteiger partial charge in [-0.25, -0.2) is 4.79 Å². The normalized spacial score (nSPS) is 16.3. The summed E-state index contributed by atoms with van der Waals surface area (Å²) in [6.45, 7) is 0.428. The third-order valence-electron chi connectivity index (χ3n) is 4.67. The average Bonchev–Trinajstić information content (AvgIpc) is 2.74. The van der Waals surface area contributed by atoms with E-state index in [2.05, 4.69) is 10.3 Å². The molecule has 0 bridgehead atoms. The zero-order chi connectivity index (χ0) is 20.6. The Balaban J connectivity index is 1.57. The number of likely N-dealkylation sites (tertiary alicyclic amines) is 1. The van der Waals surface area contributed by atoms with E-state index in [4.69, 9.17) is 0 Å². The maximum absolute atomic E-state index is 12.8. The van der Waals surface area contributed by atoms with Crippen LogP contribution in [0.4, 0.5) is 5.69 Å². The lowest BCUT2D eigenvalue weighted by Crippen LogP contribution is -2.48. The van der Waals surface area contributed by atoms with Gasteiger partial charge in [-0.3, -0.25) is 14.6 Å². The molecule has 1 aromatic heterocycles. The number of carbonyl (C=O) groups excluding carboxylic acids is 2. The van der Waals surface area contributed by atoms with Crippen molar-refractivity contribution in [3.05, 3.63) is 59.9 Å². The van der Waals surface area contributed by atoms with Crippen LogP contribution in [-0.4, -0.2) is 51.1 Å². The van der Waals surface area contributed by atoms with Crippen molar-refractivity contribution in [3.8, 4) is 0 Å². The number of anilines is 1. The van der Waals surface area contributed by atoms with Gasteiger partial charge in [-0.05, 0) is 49.1 Å². The summed E-state index contributed by atoms with van der Waals surface area (Å²) >= 11 is 1.48. The van der Waals surface area contributed by atoms with Crippen LogP contribution in [0.2, 0.25) is 0 Å². The molecule has 1 aromatic carbocycles. The first kappa shape index (κ1) is 20.9. The first-order valence-electron chi connectivity index (χ1n) is 9.45. The Labute approximate surface area is 173 Å². The third-order valence-corrected chi connectivity index (χ3v) is 5.67. The highest BCUT2D eigenvalue weighted by molar-refractivity contribution is 7.99. The number of rotatable bonds is 7. The first-order chi connectivity index (χ1) is 14.0. The molecule has 8 heteroatoms. The second-order valence-electron chi connectivity index (χ2n) is 6.83. The Morgan fingerprint density at radius 2 is 2.07 bits per heavy atom. The fraction of sp³-hybridized carbons (Fsp3) is 0.333. The summed E-state index contributed by atoms with van der Waals surface area (Å²) in [4.78, 5) is 41.9. The predicted octanol–water partition coefficient (Wildman–Crippen LogP) is 3.03. The summed E-state index contributed by atoms with van der Waals surface area (Å²) in [5.41, 5.74) is 1.94. The SMILES string of the molecule is O=C(CSCc1cccnc1)Nc1cccc(C(=O)N2CCCC[C@H]2C(=O)O)c1. The Hall–Kier alpha value is -2.87. The van der Waals surface area contributed by atoms with Crippen LogP contribution in [0.25, 0.3) is 0 Å². The number of benzene rings is 1. The summed E-state index contributed by atoms with van der Waals surface area (Å²) in [6, 6.07) is 9.66. The van der Waals surface area contributed by atoms with Gasteiger partial charge in [0.2, 0.25) is 5.91 Å². The largest absolute Gasteiger partial charge is 0.480 e. The van der Waals surface area contributed by atoms with Crippen LogP contribution in [0.15, 0.2) is 48.8 Å². The van der Waals surface area contributed by atoms with E-state index in [-0.39, 0.29) is 17.6 Å². The molecule has 1 atom stereocenters. The lowest BCUT2D eigenvalue weighted by Gasteiger charge is -2.33. The molecule has 0 radical (unpaired) electrons. The Kier molecular flexibility index (Phi) is 7.24. The molecule has 0 unspecified atom stereocenters. The summed E-state index contributed by atoms with van der Waals surface area (Å²) in [6.07, 6.45) is 5.53. The number of amides is 2. The van der Waals surface area contributed by atoms with E-state index in [9.17, 15) is 19.5 Å². The minimum atomic E-state index is -0.979. The van der Waals surface area contributed by atoms with Gasteiger partial charge in [0.25, 0.3) is 5.91 Å². The topological polar surface area (TPSA) is 99.6 Å². The third kappa shape index (κ3) is 5.80. The number of aliphatic carboxylic acids is 1. The summed E-state index contributed by atoms with van der Waals surface area (Å²) in [5.74, 6) is -0.497. The standard InChI is InChI=1S/C21H23N3O4S/c25-19(14-29-13-15-5-4-9-22-12-15)23-17-7-3-6-16(11-17)20(26)24-10-2-1-8-18(24)21(27)28/h3-7,9,11-12,18H,1-2,8,10,13-14H2,(H,23,25)(H,27,28)/t18-/m0/s1. The maximum atomic E-state index is 12.8. The van der Waals surface area contributed by atoms with Crippen LogP contribution in [0.1, 0.15) is 35.2 Å². The molecule has 29 heavy (non-hydrogen) atoms. The van der Waals surface area contributed by atoms with Crippen molar-refractivity contribution in [2.24, 2.45) is 0 Å². The number of carbonyl (C=O) groups is 3. The molecule has 2 aromatic rings. The number of carboxylic acid groups (broad SMARTS) is 1. The van der Waals surface area contributed by atoms with E-state index < -0.39 is 12.0 Å². The molecular formula is C21H23N3O4S. The zero-order valence-corrected chi connectivity index (χ0v) is 16.7. The van der Waals surface area contributed by atoms with Gasteiger partial charge in [0.15, 0.2) is 0 Å². The van der Waals surface area contributed by atoms with Crippen molar-refractivity contribution in [1.82, 2.24) is 9.88 Å². The highest BCUT2D eigenvalue weighted by Crippen LogP contribution is 2.21. The molecule has 7 nitrogen and oxygen atoms in total. The number of carboxylic acids is 1. The van der Waals surface area contributed by atoms with Crippen molar-refractivity contribution < 1.29 is 19.5 Å². The van der Waals surface area contributed by atoms with Crippen molar-refractivity contribution in [2.45, 2.75) is 31.1 Å². The molecule has 2 heterocycles. The van der Waals surface area contributed by atoms with Gasteiger partial charge in [-0.1, -0.05) is 12.1 Å². The summed E-state index contributed by atoms with van der Waals surface area (Å²) < 4.78 is 0. The molecule has 0 saturated carbocycles. The van der Waals surface area contributed by atoms with Gasteiger partial charge in [-0.2, -0.15) is 0 Å². The molecule has 2 amide bonds. The number of hydrogen-bond donors (Lipinski definition) is 2. The summed E-state index contributed by atoms with van der Waals surface area (Å²) in [7, 11) is 0. The van der Waals surface area contributed by atoms with Crippen molar-refractivity contribution in [1.29, 1.82) is 0 Å². The molecule has 3 rings (SSSR count). The van der Waals surface area contributed by atoms with Gasteiger partial charge in [0.05, 0.1) is 5.75 Å². The quantitative estimate of drug-likeness (QED) is 0.724. The lowest BCUT2D eigenvalue weighted by molar-refractivity contribution is -0.143. The molecule has 1 saturated heterocycles. The van der Waals surface area contributed by atoms with Crippen LogP contribution < -0.4 is 5.32 Å². The van der Waals surface area contributed by atoms with E-state index >= 15 is 0 Å². The number of hydrogen-bond acceptors (Lipinski definition) is 5. The molecule has 1 aliphatic heterocycles. The highest BCUT2D eigenvalue weighted by atomic mass is 32.2. The van der Waals surface area contributed by atoms with E-state index in [1.165, 1.54) is 16.7 Å². The second-order valence-corrected chi connectivity index (χ2v) is 7.82. The first-order valence-corrected chi connectivity index (χ1v) is 10.6. The van der Waals surface area contributed by atoms with E-state index in [1.54, 1.807) is 36.7 Å². The van der Waals surface area contributed by atoms with Gasteiger partial charge < -0.3 is 15.3 Å². The second kappa shape index (κ2) is 10.1. The number of piperidine rings is 1. The van der Waals surface area contributed by atoms with Crippen molar-refractivity contribution in [2.75, 3.05) is 17.6 Å². The monoisotopic (exact) mass is 413 g/mol. The number of nitrogens with zero attached hydrogens (tertiary/aromatic N) is 2. The van der Waals surface area contributed by atoms with Gasteiger partial charge in [-0.15, -0.1) is 11.8 Å². The highest BCUT2D eigenvalue weighted by Gasteiger charge is 2.32. The van der Waals surface area contributed by atoms with Gasteiger partial charge >= 0.3 is 5.97 Å². The van der Waals surface area contributed by atoms with Gasteiger partial charge in [0.1, 0.15) is 6.04 Å². The Bertz CT molecular complexity index is 875. The molecule has 0 spiro atoms. The molecular weight excluding hydrogens is 390 g/mol. The molecule has 0 aliphatic carbocycles. The van der Waals surface area contributed by atoms with Crippen LogP contribution in [0.5, 0.6) is 0 Å². The van der Waals surface area contributed by atoms with E-state index in [0.29, 0.717) is 30.0 Å². The van der Waals surface area contributed by atoms with Gasteiger partial charge in [0, 0.05) is 35.9 Å². The Morgan fingerprint density at radius 3 is 2.83 bits per heavy atom. The molecule has 152 valence electrons. The number of thioether (sulfide) groups is 1. The number of nitrogens with one attached hydrogen (secondary N) is 1. The van der Waals surface area contributed by atoms with Crippen LogP contribution in [0, 0.1) is 0 Å². The van der Waals surface area contributed by atoms with Crippen molar-refractivity contribution in [3.63, 3.8) is 0 Å². The molecule has 1 aliphatic rings. The molecule has 2 N–H and O–H groups in total. The van der Waals surface area contributed by atoms with Crippen LogP contribution in [-0.2, 0) is 15.3 Å². The maximum Gasteiger partial charge on any atom is 0.326 e. The van der Waals surface area contributed by atoms with Crippen molar-refractivity contribution >= 4 is 35.2 Å². The smallest absolute Gasteiger partial charge is 0.326 e. The van der Waals surface area contributed by atoms with Crippen LogP contribution >= 0.6 is 11.8 Å². The van der Waals surface area contributed by atoms with Crippen LogP contribution in [0.3, 0.4) is 0 Å². The number of aromatic nitrogens is 1. The lowest BCUT2D eigenvalue weighted by atomic mass is 10.0. The summed E-state index contributed by atoms with van der Waals surface area (Å²) in [5, 5.41) is 12.2. The zero-order valence-electron chi connectivity index (χ0n) is 15.9. The van der Waals surface area contributed by atoms with E-state index in [0.717, 1.165) is 18.4 Å². The minimum absolute atomic E-state index is 0.162. The average molecular weight is 413 g/mol. The number of pyridine rings is 1. The predicted molar refractivity (Wildman–Crippen MR) is 112 cm³/mol. The molecule has 1 fully saturated rings. The Morgan fingerprint density at radius 1 is 1.21 bits per heavy atom. The fourth-order valence-electron chi connectivity index (χ4n) is 3.27. The minimum Gasteiger partial charge on any atom is -0.480 e. The van der Waals surface area contributed by atoms with E-state index in [1.807, 2.05) is 12.1 Å². The fourth-order valence-corrected chi connectivity index (χ4v) is 4.04.